The molecule has 3 atom stereocenters. The van der Waals surface area contributed by atoms with E-state index in [0.717, 1.165) is 0 Å². The Hall–Kier alpha value is -1.63. The Balaban J connectivity index is 4.95. The molecule has 7 nitrogen and oxygen atoms in total. The summed E-state index contributed by atoms with van der Waals surface area (Å²) in [4.78, 5) is 35.2. The molecule has 0 radical (unpaired) electrons. The van der Waals surface area contributed by atoms with Crippen molar-refractivity contribution in [2.45, 2.75) is 85.4 Å². The van der Waals surface area contributed by atoms with Gasteiger partial charge in [-0.25, -0.2) is 4.79 Å². The number of carbonyl (C=O) groups is 3. The Bertz CT molecular complexity index is 472. The molecular weight excluding hydrogens is 332 g/mol. The third-order valence-corrected chi connectivity index (χ3v) is 4.24. The largest absolute Gasteiger partial charge is 0.352 e. The lowest BCUT2D eigenvalue weighted by Crippen LogP contribution is -2.55. The summed E-state index contributed by atoms with van der Waals surface area (Å²) in [6.07, 6.45) is 1.93. The van der Waals surface area contributed by atoms with Crippen molar-refractivity contribution in [2.24, 2.45) is 17.6 Å². The predicted octanol–water partition coefficient (Wildman–Crippen LogP) is 1.95. The molecular formula is C19H38N4O3. The Morgan fingerprint density at radius 2 is 1.65 bits per heavy atom. The maximum Gasteiger partial charge on any atom is 0.312 e. The quantitative estimate of drug-likeness (QED) is 0.416. The number of hydrogen-bond donors (Lipinski definition) is 4. The van der Waals surface area contributed by atoms with Crippen molar-refractivity contribution in [3.63, 3.8) is 0 Å². The number of carbonyl (C=O) groups excluding carboxylic acids is 3. The number of Topliss-reactive ketones (excluding diaryl/α,β-unsaturated/α-hetero) is 1. The highest BCUT2D eigenvalue weighted by molar-refractivity contribution is 5.82. The first kappa shape index (κ1) is 24.4. The van der Waals surface area contributed by atoms with Crippen molar-refractivity contribution in [3.05, 3.63) is 0 Å². The second-order valence-corrected chi connectivity index (χ2v) is 8.50. The summed E-state index contributed by atoms with van der Waals surface area (Å²) in [5.74, 6) is 0.0559. The van der Waals surface area contributed by atoms with Crippen LogP contribution in [0.2, 0.25) is 0 Å². The highest BCUT2D eigenvalue weighted by Gasteiger charge is 2.28. The van der Waals surface area contributed by atoms with Crippen LogP contribution < -0.4 is 21.7 Å². The van der Waals surface area contributed by atoms with Crippen molar-refractivity contribution in [2.75, 3.05) is 6.54 Å². The third-order valence-electron chi connectivity index (χ3n) is 4.24. The highest BCUT2D eigenvalue weighted by Crippen LogP contribution is 2.14. The van der Waals surface area contributed by atoms with Crippen molar-refractivity contribution in [1.29, 1.82) is 0 Å². The molecule has 0 bridgehead atoms. The summed E-state index contributed by atoms with van der Waals surface area (Å²) in [5, 5.41) is 9.01. The first-order chi connectivity index (χ1) is 11.8. The second-order valence-electron chi connectivity index (χ2n) is 8.50. The van der Waals surface area contributed by atoms with Gasteiger partial charge >= 0.3 is 6.03 Å². The summed E-state index contributed by atoms with van der Waals surface area (Å²) in [6, 6.07) is -0.995. The Labute approximate surface area is 158 Å². The minimum atomic E-state index is -0.558. The van der Waals surface area contributed by atoms with Crippen molar-refractivity contribution in [1.82, 2.24) is 16.0 Å². The molecule has 5 N–H and O–H groups in total. The molecule has 0 aromatic heterocycles. The number of hydrogen-bond acceptors (Lipinski definition) is 4. The van der Waals surface area contributed by atoms with E-state index in [4.69, 9.17) is 5.73 Å². The zero-order chi connectivity index (χ0) is 20.5. The van der Waals surface area contributed by atoms with Gasteiger partial charge in [-0.1, -0.05) is 20.8 Å². The van der Waals surface area contributed by atoms with Crippen LogP contribution in [0.25, 0.3) is 0 Å². The van der Waals surface area contributed by atoms with Crippen LogP contribution in [0.5, 0.6) is 0 Å². The fraction of sp³-hybridized carbons (Fsp3) is 0.842. The topological polar surface area (TPSA) is 113 Å². The Morgan fingerprint density at radius 3 is 2.08 bits per heavy atom. The molecule has 0 aliphatic rings. The minimum absolute atomic E-state index is 0.0569. The van der Waals surface area contributed by atoms with Crippen LogP contribution in [0.4, 0.5) is 4.79 Å². The molecule has 3 unspecified atom stereocenters. The van der Waals surface area contributed by atoms with Gasteiger partial charge in [0.1, 0.15) is 5.78 Å². The molecule has 0 aromatic carbocycles. The number of nitrogens with two attached hydrogens (primary N) is 1. The van der Waals surface area contributed by atoms with Crippen molar-refractivity contribution < 1.29 is 14.4 Å². The molecule has 0 rings (SSSR count). The monoisotopic (exact) mass is 370 g/mol. The van der Waals surface area contributed by atoms with Crippen molar-refractivity contribution in [3.8, 4) is 0 Å². The van der Waals surface area contributed by atoms with Gasteiger partial charge in [0, 0.05) is 24.0 Å². The third kappa shape index (κ3) is 11.1. The second kappa shape index (κ2) is 11.2. The lowest BCUT2D eigenvalue weighted by atomic mass is 9.94. The van der Waals surface area contributed by atoms with Crippen LogP contribution in [-0.4, -0.2) is 41.9 Å². The van der Waals surface area contributed by atoms with Gasteiger partial charge in [0.2, 0.25) is 5.91 Å². The number of rotatable bonds is 11. The van der Waals surface area contributed by atoms with Gasteiger partial charge < -0.3 is 21.7 Å². The lowest BCUT2D eigenvalue weighted by molar-refractivity contribution is -0.126. The number of primary amides is 1. The SMILES string of the molecule is CC(=O)C(C)CC(CCCNC(N)=O)NC(=O)C(NC(C)(C)C)C(C)C. The molecule has 0 aliphatic carbocycles. The van der Waals surface area contributed by atoms with E-state index in [2.05, 4.69) is 16.0 Å². The van der Waals surface area contributed by atoms with E-state index in [1.807, 2.05) is 41.5 Å². The molecule has 0 aliphatic heterocycles. The van der Waals surface area contributed by atoms with E-state index >= 15 is 0 Å². The van der Waals surface area contributed by atoms with Crippen LogP contribution in [0, 0.1) is 11.8 Å². The predicted molar refractivity (Wildman–Crippen MR) is 105 cm³/mol. The Kier molecular flexibility index (Phi) is 10.5. The van der Waals surface area contributed by atoms with Gasteiger partial charge in [-0.2, -0.15) is 0 Å². The van der Waals surface area contributed by atoms with E-state index in [0.29, 0.717) is 25.8 Å². The normalized spacial score (nSPS) is 15.2. The van der Waals surface area contributed by atoms with E-state index in [-0.39, 0.29) is 41.1 Å². The van der Waals surface area contributed by atoms with Gasteiger partial charge in [-0.05, 0) is 52.9 Å². The Morgan fingerprint density at radius 1 is 1.08 bits per heavy atom. The first-order valence-corrected chi connectivity index (χ1v) is 9.45. The van der Waals surface area contributed by atoms with E-state index < -0.39 is 6.03 Å². The molecule has 152 valence electrons. The van der Waals surface area contributed by atoms with Gasteiger partial charge in [0.15, 0.2) is 0 Å². The maximum atomic E-state index is 12.8. The summed E-state index contributed by atoms with van der Waals surface area (Å²) in [5.41, 5.74) is 4.89. The zero-order valence-electron chi connectivity index (χ0n) is 17.4. The maximum absolute atomic E-state index is 12.8. The number of nitrogens with one attached hydrogen (secondary N) is 3. The van der Waals surface area contributed by atoms with Crippen LogP contribution in [0.3, 0.4) is 0 Å². The van der Waals surface area contributed by atoms with Gasteiger partial charge in [-0.3, -0.25) is 9.59 Å². The smallest absolute Gasteiger partial charge is 0.312 e. The molecule has 0 saturated heterocycles. The number of ketones is 1. The summed E-state index contributed by atoms with van der Waals surface area (Å²) < 4.78 is 0. The average Bonchev–Trinajstić information content (AvgIpc) is 2.47. The zero-order valence-corrected chi connectivity index (χ0v) is 17.4. The van der Waals surface area contributed by atoms with Crippen LogP contribution >= 0.6 is 0 Å². The molecule has 0 aromatic rings. The summed E-state index contributed by atoms with van der Waals surface area (Å²) >= 11 is 0. The molecule has 7 heteroatoms. The van der Waals surface area contributed by atoms with Crippen LogP contribution in [0.15, 0.2) is 0 Å². The van der Waals surface area contributed by atoms with Crippen LogP contribution in [-0.2, 0) is 9.59 Å². The highest BCUT2D eigenvalue weighted by atomic mass is 16.2. The molecule has 0 heterocycles. The van der Waals surface area contributed by atoms with Gasteiger partial charge in [-0.15, -0.1) is 0 Å². The number of amides is 3. The molecule has 0 fully saturated rings. The lowest BCUT2D eigenvalue weighted by Gasteiger charge is -2.32. The van der Waals surface area contributed by atoms with E-state index in [1.165, 1.54) is 0 Å². The summed E-state index contributed by atoms with van der Waals surface area (Å²) in [6.45, 7) is 14.0. The number of urea groups is 1. The van der Waals surface area contributed by atoms with Gasteiger partial charge in [0.05, 0.1) is 6.04 Å². The molecule has 0 saturated carbocycles. The van der Waals surface area contributed by atoms with E-state index in [1.54, 1.807) is 6.92 Å². The standard InChI is InChI=1S/C19H38N4O3/c1-12(2)16(23-19(5,6)7)17(25)22-15(11-13(3)14(4)24)9-8-10-21-18(20)26/h12-13,15-16,23H,8-11H2,1-7H3,(H,22,25)(H3,20,21,26). The first-order valence-electron chi connectivity index (χ1n) is 9.45. The van der Waals surface area contributed by atoms with E-state index in [9.17, 15) is 14.4 Å². The molecule has 0 spiro atoms. The fourth-order valence-electron chi connectivity index (χ4n) is 2.69. The van der Waals surface area contributed by atoms with Crippen molar-refractivity contribution >= 4 is 17.7 Å². The fourth-order valence-corrected chi connectivity index (χ4v) is 2.69. The van der Waals surface area contributed by atoms with Crippen LogP contribution in [0.1, 0.15) is 67.7 Å². The average molecular weight is 371 g/mol. The minimum Gasteiger partial charge on any atom is -0.352 e. The summed E-state index contributed by atoms with van der Waals surface area (Å²) in [7, 11) is 0. The molecule has 26 heavy (non-hydrogen) atoms. The van der Waals surface area contributed by atoms with Gasteiger partial charge in [0.25, 0.3) is 0 Å². The molecule has 3 amide bonds.